The fourth-order valence-corrected chi connectivity index (χ4v) is 1.66. The van der Waals surface area contributed by atoms with E-state index in [1.807, 2.05) is 0 Å². The van der Waals surface area contributed by atoms with Crippen molar-refractivity contribution in [3.63, 3.8) is 0 Å². The number of rotatable bonds is 1. The lowest BCUT2D eigenvalue weighted by Crippen LogP contribution is -2.04. The number of anilines is 1. The highest BCUT2D eigenvalue weighted by Gasteiger charge is 2.14. The van der Waals surface area contributed by atoms with Gasteiger partial charge >= 0.3 is 5.97 Å². The minimum Gasteiger partial charge on any atom is -0.478 e. The molecule has 4 nitrogen and oxygen atoms in total. The number of halogens is 1. The Hall–Kier alpha value is -1.81. The van der Waals surface area contributed by atoms with Crippen LogP contribution in [0.4, 0.5) is 5.69 Å². The minimum absolute atomic E-state index is 0.0440. The monoisotopic (exact) mass is 222 g/mol. The predicted octanol–water partition coefficient (Wildman–Crippen LogP) is 2.17. The summed E-state index contributed by atoms with van der Waals surface area (Å²) in [5, 5.41) is 9.87. The van der Waals surface area contributed by atoms with Crippen LogP contribution in [0.15, 0.2) is 24.4 Å². The zero-order valence-electron chi connectivity index (χ0n) is 7.57. The largest absolute Gasteiger partial charge is 0.478 e. The van der Waals surface area contributed by atoms with Crippen LogP contribution in [0.3, 0.4) is 0 Å². The Morgan fingerprint density at radius 1 is 1.47 bits per heavy atom. The van der Waals surface area contributed by atoms with Crippen LogP contribution in [0.2, 0.25) is 5.02 Å². The lowest BCUT2D eigenvalue weighted by atomic mass is 10.1. The van der Waals surface area contributed by atoms with Crippen LogP contribution in [0.25, 0.3) is 10.9 Å². The number of pyridine rings is 1. The molecule has 2 aromatic rings. The maximum absolute atomic E-state index is 11.0. The topological polar surface area (TPSA) is 76.2 Å². The second kappa shape index (κ2) is 3.40. The van der Waals surface area contributed by atoms with E-state index in [-0.39, 0.29) is 11.3 Å². The molecule has 1 aromatic carbocycles. The van der Waals surface area contributed by atoms with E-state index in [0.717, 1.165) is 0 Å². The third kappa shape index (κ3) is 1.49. The summed E-state index contributed by atoms with van der Waals surface area (Å²) in [5.41, 5.74) is 6.18. The molecule has 1 heterocycles. The van der Waals surface area contributed by atoms with Gasteiger partial charge in [-0.3, -0.25) is 4.98 Å². The van der Waals surface area contributed by atoms with E-state index in [1.165, 1.54) is 6.20 Å². The summed E-state index contributed by atoms with van der Waals surface area (Å²) in [4.78, 5) is 15.0. The van der Waals surface area contributed by atoms with E-state index >= 15 is 0 Å². The molecule has 5 heteroatoms. The molecular weight excluding hydrogens is 216 g/mol. The van der Waals surface area contributed by atoms with Gasteiger partial charge in [0.25, 0.3) is 0 Å². The molecule has 0 aliphatic carbocycles. The van der Waals surface area contributed by atoms with Crippen molar-refractivity contribution in [2.75, 3.05) is 5.73 Å². The van der Waals surface area contributed by atoms with Crippen molar-refractivity contribution in [2.45, 2.75) is 0 Å². The Morgan fingerprint density at radius 3 is 2.87 bits per heavy atom. The van der Waals surface area contributed by atoms with Crippen LogP contribution in [0.5, 0.6) is 0 Å². The van der Waals surface area contributed by atoms with E-state index in [1.54, 1.807) is 18.2 Å². The fourth-order valence-electron chi connectivity index (χ4n) is 1.44. The summed E-state index contributed by atoms with van der Waals surface area (Å²) in [7, 11) is 0. The molecule has 0 aliphatic heterocycles. The molecule has 0 bridgehead atoms. The number of hydrogen-bond donors (Lipinski definition) is 2. The van der Waals surface area contributed by atoms with Gasteiger partial charge in [0.2, 0.25) is 0 Å². The highest BCUT2D eigenvalue weighted by Crippen LogP contribution is 2.27. The average Bonchev–Trinajstić information content (AvgIpc) is 2.17. The van der Waals surface area contributed by atoms with Crippen LogP contribution >= 0.6 is 11.6 Å². The van der Waals surface area contributed by atoms with E-state index in [9.17, 15) is 4.79 Å². The highest BCUT2D eigenvalue weighted by atomic mass is 35.5. The van der Waals surface area contributed by atoms with Gasteiger partial charge in [0.15, 0.2) is 0 Å². The van der Waals surface area contributed by atoms with E-state index in [2.05, 4.69) is 4.98 Å². The number of aromatic nitrogens is 1. The van der Waals surface area contributed by atoms with Crippen molar-refractivity contribution in [2.24, 2.45) is 0 Å². The molecule has 0 saturated carbocycles. The molecule has 0 aliphatic rings. The molecule has 2 rings (SSSR count). The maximum atomic E-state index is 11.0. The first kappa shape index (κ1) is 9.73. The third-order valence-electron chi connectivity index (χ3n) is 2.09. The third-order valence-corrected chi connectivity index (χ3v) is 2.40. The van der Waals surface area contributed by atoms with Gasteiger partial charge in [-0.15, -0.1) is 0 Å². The molecule has 0 amide bonds. The van der Waals surface area contributed by atoms with Gasteiger partial charge in [0, 0.05) is 5.39 Å². The zero-order chi connectivity index (χ0) is 11.0. The van der Waals surface area contributed by atoms with Crippen molar-refractivity contribution >= 4 is 34.2 Å². The van der Waals surface area contributed by atoms with Gasteiger partial charge in [0.1, 0.15) is 0 Å². The Balaban J connectivity index is 2.94. The van der Waals surface area contributed by atoms with Crippen molar-refractivity contribution in [3.8, 4) is 0 Å². The second-order valence-corrected chi connectivity index (χ2v) is 3.44. The summed E-state index contributed by atoms with van der Waals surface area (Å²) in [6.07, 6.45) is 1.30. The number of fused-ring (bicyclic) bond motifs is 1. The summed E-state index contributed by atoms with van der Waals surface area (Å²) in [5.74, 6) is -1.08. The second-order valence-electron chi connectivity index (χ2n) is 3.03. The van der Waals surface area contributed by atoms with Gasteiger partial charge in [0.05, 0.1) is 28.0 Å². The Labute approximate surface area is 90.3 Å². The van der Waals surface area contributed by atoms with Gasteiger partial charge in [-0.25, -0.2) is 4.79 Å². The molecule has 0 saturated heterocycles. The van der Waals surface area contributed by atoms with Crippen molar-refractivity contribution in [1.29, 1.82) is 0 Å². The maximum Gasteiger partial charge on any atom is 0.338 e. The quantitative estimate of drug-likeness (QED) is 0.775. The lowest BCUT2D eigenvalue weighted by molar-refractivity contribution is 0.0700. The van der Waals surface area contributed by atoms with Gasteiger partial charge < -0.3 is 10.8 Å². The summed E-state index contributed by atoms with van der Waals surface area (Å²) >= 11 is 5.89. The molecule has 1 aromatic heterocycles. The fraction of sp³-hybridized carbons (Fsp3) is 0. The Bertz CT molecular complexity index is 554. The summed E-state index contributed by atoms with van der Waals surface area (Å²) in [6, 6.07) is 4.95. The smallest absolute Gasteiger partial charge is 0.338 e. The summed E-state index contributed by atoms with van der Waals surface area (Å²) < 4.78 is 0. The van der Waals surface area contributed by atoms with Crippen LogP contribution < -0.4 is 5.73 Å². The number of nitrogens with two attached hydrogens (primary N) is 1. The predicted molar refractivity (Wildman–Crippen MR) is 58.1 cm³/mol. The summed E-state index contributed by atoms with van der Waals surface area (Å²) in [6.45, 7) is 0. The average molecular weight is 223 g/mol. The SMILES string of the molecule is Nc1cnc2c(Cl)cccc2c1C(=O)O. The number of nitrogen functional groups attached to an aromatic ring is 1. The van der Waals surface area contributed by atoms with E-state index in [0.29, 0.717) is 15.9 Å². The molecule has 0 atom stereocenters. The van der Waals surface area contributed by atoms with Gasteiger partial charge in [-0.1, -0.05) is 23.7 Å². The van der Waals surface area contributed by atoms with Gasteiger partial charge in [-0.2, -0.15) is 0 Å². The first-order valence-corrected chi connectivity index (χ1v) is 4.55. The highest BCUT2D eigenvalue weighted by molar-refractivity contribution is 6.35. The van der Waals surface area contributed by atoms with Crippen molar-refractivity contribution in [3.05, 3.63) is 35.0 Å². The van der Waals surface area contributed by atoms with Crippen LogP contribution in [0.1, 0.15) is 10.4 Å². The lowest BCUT2D eigenvalue weighted by Gasteiger charge is -2.05. The van der Waals surface area contributed by atoms with Crippen LogP contribution in [-0.2, 0) is 0 Å². The molecule has 76 valence electrons. The normalized spacial score (nSPS) is 10.5. The number of nitrogens with zero attached hydrogens (tertiary/aromatic N) is 1. The Morgan fingerprint density at radius 2 is 2.20 bits per heavy atom. The number of benzene rings is 1. The number of hydrogen-bond acceptors (Lipinski definition) is 3. The zero-order valence-corrected chi connectivity index (χ0v) is 8.32. The van der Waals surface area contributed by atoms with Crippen LogP contribution in [-0.4, -0.2) is 16.1 Å². The molecule has 0 spiro atoms. The number of carbonyl (C=O) groups is 1. The van der Waals surface area contributed by atoms with E-state index in [4.69, 9.17) is 22.4 Å². The first-order chi connectivity index (χ1) is 7.11. The molecule has 3 N–H and O–H groups in total. The number of carboxylic acid groups (broad SMARTS) is 1. The number of carboxylic acids is 1. The minimum atomic E-state index is -1.08. The van der Waals surface area contributed by atoms with Crippen molar-refractivity contribution in [1.82, 2.24) is 4.98 Å². The first-order valence-electron chi connectivity index (χ1n) is 4.17. The molecule has 0 unspecified atom stereocenters. The molecular formula is C10H7ClN2O2. The number of para-hydroxylation sites is 1. The van der Waals surface area contributed by atoms with Crippen LogP contribution in [0, 0.1) is 0 Å². The number of aromatic carboxylic acids is 1. The van der Waals surface area contributed by atoms with Crippen molar-refractivity contribution < 1.29 is 9.90 Å². The molecule has 15 heavy (non-hydrogen) atoms. The van der Waals surface area contributed by atoms with E-state index < -0.39 is 5.97 Å². The molecule has 0 fully saturated rings. The standard InChI is InChI=1S/C10H7ClN2O2/c11-6-3-1-2-5-8(10(14)15)7(12)4-13-9(5)6/h1-4H,12H2,(H,14,15). The Kier molecular flexibility index (Phi) is 2.21. The molecule has 0 radical (unpaired) electrons. The van der Waals surface area contributed by atoms with Gasteiger partial charge in [-0.05, 0) is 6.07 Å².